The molecule has 1 atom stereocenters. The maximum atomic E-state index is 13.0. The van der Waals surface area contributed by atoms with Gasteiger partial charge in [-0.15, -0.1) is 0 Å². The summed E-state index contributed by atoms with van der Waals surface area (Å²) in [7, 11) is 0. The van der Waals surface area contributed by atoms with Crippen LogP contribution in [0.2, 0.25) is 0 Å². The van der Waals surface area contributed by atoms with Crippen LogP contribution in [0.5, 0.6) is 5.75 Å². The molecule has 7 nitrogen and oxygen atoms in total. The van der Waals surface area contributed by atoms with E-state index < -0.39 is 23.8 Å². The fourth-order valence-electron chi connectivity index (χ4n) is 5.07. The number of hydrogen-bond donors (Lipinski definition) is 2. The van der Waals surface area contributed by atoms with Crippen LogP contribution in [0.4, 0.5) is 13.2 Å². The molecule has 10 heteroatoms. The van der Waals surface area contributed by atoms with Crippen LogP contribution < -0.4 is 10.1 Å². The molecular formula is C27H29F3N2O5. The van der Waals surface area contributed by atoms with Crippen LogP contribution in [-0.4, -0.2) is 53.0 Å². The van der Waals surface area contributed by atoms with Gasteiger partial charge in [-0.25, -0.2) is 4.79 Å². The lowest BCUT2D eigenvalue weighted by molar-refractivity contribution is -0.140. The van der Waals surface area contributed by atoms with Crippen LogP contribution in [0.25, 0.3) is 0 Å². The fourth-order valence-corrected chi connectivity index (χ4v) is 5.07. The zero-order chi connectivity index (χ0) is 26.6. The summed E-state index contributed by atoms with van der Waals surface area (Å²) in [6, 6.07) is 10.5. The number of ether oxygens (including phenoxy) is 1. The van der Waals surface area contributed by atoms with Gasteiger partial charge in [-0.2, -0.15) is 13.2 Å². The Hall–Kier alpha value is -3.56. The van der Waals surface area contributed by atoms with Crippen molar-refractivity contribution in [2.24, 2.45) is 0 Å². The summed E-state index contributed by atoms with van der Waals surface area (Å²) >= 11 is 0. The Bertz CT molecular complexity index is 1110. The van der Waals surface area contributed by atoms with Crippen molar-refractivity contribution in [2.75, 3.05) is 13.2 Å². The first kappa shape index (κ1) is 26.5. The summed E-state index contributed by atoms with van der Waals surface area (Å²) in [6.07, 6.45) is 0.0878. The monoisotopic (exact) mass is 518 g/mol. The number of carbonyl (C=O) groups excluding carboxylic acids is 2. The van der Waals surface area contributed by atoms with Crippen molar-refractivity contribution in [3.63, 3.8) is 0 Å². The van der Waals surface area contributed by atoms with Crippen LogP contribution >= 0.6 is 0 Å². The molecule has 2 fully saturated rings. The first-order valence-electron chi connectivity index (χ1n) is 12.3. The number of halogens is 3. The van der Waals surface area contributed by atoms with Crippen LogP contribution in [0.3, 0.4) is 0 Å². The molecule has 198 valence electrons. The maximum absolute atomic E-state index is 13.0. The standard InChI is InChI=1S/C27H29F3N2O5/c28-27(29,30)20-9-13-22(14-10-20)37-16-24(33)32-15-1-2-23(32)25(34)31-21-11-7-18(8-12-21)17-3-5-19(6-4-17)26(35)36/h3-6,9-10,13-14,18,21,23H,1-2,7-8,11-12,15-16H2,(H,31,34)(H,35,36)/t18?,21?,23-/m1/s1. The van der Waals surface area contributed by atoms with Crippen LogP contribution in [-0.2, 0) is 15.8 Å². The van der Waals surface area contributed by atoms with E-state index >= 15 is 0 Å². The zero-order valence-electron chi connectivity index (χ0n) is 20.2. The molecular weight excluding hydrogens is 489 g/mol. The van der Waals surface area contributed by atoms with E-state index in [-0.39, 0.29) is 35.8 Å². The molecule has 0 radical (unpaired) electrons. The van der Waals surface area contributed by atoms with Gasteiger partial charge in [0, 0.05) is 12.6 Å². The number of alkyl halides is 3. The Labute approximate surface area is 212 Å². The van der Waals surface area contributed by atoms with Gasteiger partial charge in [0.25, 0.3) is 5.91 Å². The molecule has 1 saturated heterocycles. The third-order valence-corrected chi connectivity index (χ3v) is 7.12. The van der Waals surface area contributed by atoms with Gasteiger partial charge in [-0.1, -0.05) is 12.1 Å². The molecule has 0 spiro atoms. The average Bonchev–Trinajstić information content (AvgIpc) is 3.38. The van der Waals surface area contributed by atoms with Crippen molar-refractivity contribution >= 4 is 17.8 Å². The highest BCUT2D eigenvalue weighted by molar-refractivity contribution is 5.89. The molecule has 1 saturated carbocycles. The molecule has 1 aliphatic carbocycles. The molecule has 4 rings (SSSR count). The Morgan fingerprint density at radius 1 is 0.946 bits per heavy atom. The van der Waals surface area contributed by atoms with Gasteiger partial charge in [0.1, 0.15) is 11.8 Å². The first-order valence-corrected chi connectivity index (χ1v) is 12.3. The van der Waals surface area contributed by atoms with E-state index in [9.17, 15) is 27.6 Å². The van der Waals surface area contributed by atoms with Gasteiger partial charge >= 0.3 is 12.1 Å². The third kappa shape index (κ3) is 6.61. The summed E-state index contributed by atoms with van der Waals surface area (Å²) in [5.74, 6) is -1.08. The van der Waals surface area contributed by atoms with Gasteiger partial charge in [0.05, 0.1) is 11.1 Å². The van der Waals surface area contributed by atoms with E-state index in [1.807, 2.05) is 12.1 Å². The number of nitrogens with zero attached hydrogens (tertiary/aromatic N) is 1. The molecule has 0 unspecified atom stereocenters. The van der Waals surface area contributed by atoms with Gasteiger partial charge in [0.15, 0.2) is 6.61 Å². The van der Waals surface area contributed by atoms with Crippen molar-refractivity contribution < 1.29 is 37.4 Å². The lowest BCUT2D eigenvalue weighted by Crippen LogP contribution is -2.50. The second kappa shape index (κ2) is 11.2. The number of benzene rings is 2. The second-order valence-electron chi connectivity index (χ2n) is 9.54. The summed E-state index contributed by atoms with van der Waals surface area (Å²) in [5, 5.41) is 12.1. The number of amides is 2. The van der Waals surface area contributed by atoms with Crippen molar-refractivity contribution in [1.82, 2.24) is 10.2 Å². The van der Waals surface area contributed by atoms with Gasteiger partial charge in [0.2, 0.25) is 5.91 Å². The van der Waals surface area contributed by atoms with E-state index in [4.69, 9.17) is 9.84 Å². The normalized spacial score (nSPS) is 21.9. The molecule has 2 aromatic carbocycles. The number of carboxylic acid groups (broad SMARTS) is 1. The molecule has 2 amide bonds. The zero-order valence-corrected chi connectivity index (χ0v) is 20.2. The molecule has 0 bridgehead atoms. The minimum absolute atomic E-state index is 0.00277. The third-order valence-electron chi connectivity index (χ3n) is 7.12. The number of hydrogen-bond acceptors (Lipinski definition) is 4. The molecule has 2 N–H and O–H groups in total. The quantitative estimate of drug-likeness (QED) is 0.558. The van der Waals surface area contributed by atoms with Crippen molar-refractivity contribution in [3.8, 4) is 5.75 Å². The van der Waals surface area contributed by atoms with Gasteiger partial charge < -0.3 is 20.1 Å². The molecule has 2 aromatic rings. The van der Waals surface area contributed by atoms with E-state index in [2.05, 4.69) is 5.32 Å². The highest BCUT2D eigenvalue weighted by Crippen LogP contribution is 2.33. The average molecular weight is 519 g/mol. The van der Waals surface area contributed by atoms with Crippen LogP contribution in [0.15, 0.2) is 48.5 Å². The second-order valence-corrected chi connectivity index (χ2v) is 9.54. The number of nitrogens with one attached hydrogen (secondary N) is 1. The molecule has 1 heterocycles. The number of carbonyl (C=O) groups is 3. The summed E-state index contributed by atoms with van der Waals surface area (Å²) in [5.41, 5.74) is 0.549. The molecule has 2 aliphatic rings. The predicted molar refractivity (Wildman–Crippen MR) is 128 cm³/mol. The Morgan fingerprint density at radius 3 is 2.19 bits per heavy atom. The molecule has 0 aromatic heterocycles. The van der Waals surface area contributed by atoms with E-state index in [1.54, 1.807) is 12.1 Å². The summed E-state index contributed by atoms with van der Waals surface area (Å²) < 4.78 is 43.5. The number of likely N-dealkylation sites (tertiary alicyclic amines) is 1. The lowest BCUT2D eigenvalue weighted by Gasteiger charge is -2.31. The Kier molecular flexibility index (Phi) is 8.04. The number of rotatable bonds is 7. The van der Waals surface area contributed by atoms with E-state index in [0.29, 0.717) is 25.3 Å². The van der Waals surface area contributed by atoms with Gasteiger partial charge in [-0.05, 0) is 86.4 Å². The maximum Gasteiger partial charge on any atom is 0.416 e. The number of aromatic carboxylic acids is 1. The lowest BCUT2D eigenvalue weighted by atomic mass is 9.81. The highest BCUT2D eigenvalue weighted by Gasteiger charge is 2.36. The highest BCUT2D eigenvalue weighted by atomic mass is 19.4. The largest absolute Gasteiger partial charge is 0.484 e. The molecule has 37 heavy (non-hydrogen) atoms. The number of carboxylic acids is 1. The van der Waals surface area contributed by atoms with Crippen LogP contribution in [0, 0.1) is 0 Å². The summed E-state index contributed by atoms with van der Waals surface area (Å²) in [4.78, 5) is 38.2. The smallest absolute Gasteiger partial charge is 0.416 e. The van der Waals surface area contributed by atoms with E-state index in [1.165, 1.54) is 17.0 Å². The van der Waals surface area contributed by atoms with E-state index in [0.717, 1.165) is 43.4 Å². The predicted octanol–water partition coefficient (Wildman–Crippen LogP) is 4.62. The SMILES string of the molecule is O=C(O)c1ccc(C2CCC(NC(=O)[C@H]3CCCN3C(=O)COc3ccc(C(F)(F)F)cc3)CC2)cc1. The minimum Gasteiger partial charge on any atom is -0.484 e. The van der Waals surface area contributed by atoms with Crippen LogP contribution in [0.1, 0.15) is 65.9 Å². The fraction of sp³-hybridized carbons (Fsp3) is 0.444. The Morgan fingerprint density at radius 2 is 1.59 bits per heavy atom. The molecule has 1 aliphatic heterocycles. The van der Waals surface area contributed by atoms with Crippen molar-refractivity contribution in [2.45, 2.75) is 62.7 Å². The first-order chi connectivity index (χ1) is 17.6. The van der Waals surface area contributed by atoms with Gasteiger partial charge in [-0.3, -0.25) is 9.59 Å². The van der Waals surface area contributed by atoms with Crippen molar-refractivity contribution in [1.29, 1.82) is 0 Å². The summed E-state index contributed by atoms with van der Waals surface area (Å²) in [6.45, 7) is 0.0628. The topological polar surface area (TPSA) is 95.9 Å². The van der Waals surface area contributed by atoms with Crippen molar-refractivity contribution in [3.05, 3.63) is 65.2 Å². The Balaban J connectivity index is 1.25. The minimum atomic E-state index is -4.45.